The van der Waals surface area contributed by atoms with Crippen molar-refractivity contribution in [2.24, 2.45) is 0 Å². The first kappa shape index (κ1) is 21.2. The number of rotatable bonds is 4. The number of hydrogen-bond donors (Lipinski definition) is 0. The highest BCUT2D eigenvalue weighted by Crippen LogP contribution is 2.35. The van der Waals surface area contributed by atoms with Gasteiger partial charge in [-0.05, 0) is 54.1 Å². The van der Waals surface area contributed by atoms with Crippen LogP contribution < -0.4 is 10.2 Å². The number of carbonyl (C=O) groups is 1. The molecule has 4 aromatic rings. The molecule has 0 N–H and O–H groups in total. The van der Waals surface area contributed by atoms with Crippen LogP contribution in [0.15, 0.2) is 82.0 Å². The molecule has 0 fully saturated rings. The first-order valence-electron chi connectivity index (χ1n) is 9.09. The summed E-state index contributed by atoms with van der Waals surface area (Å²) in [6.45, 7) is 0. The third-order valence-electron chi connectivity index (χ3n) is 4.41. The van der Waals surface area contributed by atoms with Crippen LogP contribution in [0, 0.1) is 0 Å². The zero-order valence-corrected chi connectivity index (χ0v) is 18.0. The van der Waals surface area contributed by atoms with Gasteiger partial charge in [-0.1, -0.05) is 59.1 Å². The fraction of sp³-hybridized carbons (Fsp3) is 0. The molecule has 0 radical (unpaired) electrons. The van der Waals surface area contributed by atoms with E-state index in [9.17, 15) is 9.59 Å². The molecule has 0 spiro atoms. The molecule has 0 amide bonds. The molecule has 0 saturated carbocycles. The summed E-state index contributed by atoms with van der Waals surface area (Å²) in [5.74, 6) is -0.968. The molecular formula is C24H13Cl3O4. The maximum atomic E-state index is 13.2. The van der Waals surface area contributed by atoms with Crippen LogP contribution in [0.3, 0.4) is 0 Å². The smallest absolute Gasteiger partial charge is 0.336 e. The Morgan fingerprint density at radius 3 is 2.35 bits per heavy atom. The Labute approximate surface area is 192 Å². The van der Waals surface area contributed by atoms with E-state index in [0.29, 0.717) is 26.2 Å². The van der Waals surface area contributed by atoms with Gasteiger partial charge in [0, 0.05) is 21.7 Å². The summed E-state index contributed by atoms with van der Waals surface area (Å²) in [7, 11) is 0. The monoisotopic (exact) mass is 470 g/mol. The highest BCUT2D eigenvalue weighted by Gasteiger charge is 2.21. The van der Waals surface area contributed by atoms with E-state index < -0.39 is 11.4 Å². The summed E-state index contributed by atoms with van der Waals surface area (Å²) < 4.78 is 11.3. The van der Waals surface area contributed by atoms with Gasteiger partial charge in [0.1, 0.15) is 5.58 Å². The molecule has 154 valence electrons. The van der Waals surface area contributed by atoms with Crippen molar-refractivity contribution in [2.45, 2.75) is 0 Å². The van der Waals surface area contributed by atoms with Gasteiger partial charge in [0.25, 0.3) is 0 Å². The molecule has 0 atom stereocenters. The average molecular weight is 472 g/mol. The van der Waals surface area contributed by atoms with Crippen LogP contribution in [0.1, 0.15) is 5.56 Å². The Hall–Kier alpha value is -3.05. The Balaban J connectivity index is 1.79. The first-order valence-corrected chi connectivity index (χ1v) is 10.2. The molecule has 0 unspecified atom stereocenters. The van der Waals surface area contributed by atoms with Crippen molar-refractivity contribution in [1.82, 2.24) is 0 Å². The third-order valence-corrected chi connectivity index (χ3v) is 5.23. The molecule has 1 aromatic heterocycles. The Morgan fingerprint density at radius 1 is 0.903 bits per heavy atom. The molecule has 31 heavy (non-hydrogen) atoms. The molecule has 0 aliphatic carbocycles. The zero-order valence-electron chi connectivity index (χ0n) is 15.8. The predicted octanol–water partition coefficient (Wildman–Crippen LogP) is 7.04. The Morgan fingerprint density at radius 2 is 1.61 bits per heavy atom. The van der Waals surface area contributed by atoms with E-state index >= 15 is 0 Å². The second kappa shape index (κ2) is 8.98. The van der Waals surface area contributed by atoms with E-state index in [2.05, 4.69) is 0 Å². The molecule has 4 rings (SSSR count). The normalized spacial score (nSPS) is 11.2. The quantitative estimate of drug-likeness (QED) is 0.237. The van der Waals surface area contributed by atoms with Crippen LogP contribution in [0.25, 0.3) is 28.4 Å². The van der Waals surface area contributed by atoms with E-state index in [1.165, 1.54) is 12.1 Å². The largest absolute Gasteiger partial charge is 0.452 e. The molecular weight excluding hydrogens is 459 g/mol. The van der Waals surface area contributed by atoms with Crippen molar-refractivity contribution in [3.63, 3.8) is 0 Å². The first-order chi connectivity index (χ1) is 14.9. The number of ether oxygens (including phenoxy) is 1. The lowest BCUT2D eigenvalue weighted by Crippen LogP contribution is -2.14. The second-order valence-electron chi connectivity index (χ2n) is 6.52. The molecule has 0 aliphatic heterocycles. The van der Waals surface area contributed by atoms with Crippen molar-refractivity contribution in [3.8, 4) is 17.1 Å². The lowest BCUT2D eigenvalue weighted by molar-refractivity contribution is -0.129. The van der Waals surface area contributed by atoms with Crippen LogP contribution in [0.2, 0.25) is 15.1 Å². The minimum absolute atomic E-state index is 0.0543. The van der Waals surface area contributed by atoms with Gasteiger partial charge in [-0.25, -0.2) is 4.79 Å². The number of esters is 1. The van der Waals surface area contributed by atoms with Crippen molar-refractivity contribution in [2.75, 3.05) is 0 Å². The van der Waals surface area contributed by atoms with Crippen molar-refractivity contribution in [1.29, 1.82) is 0 Å². The van der Waals surface area contributed by atoms with E-state index in [1.54, 1.807) is 66.7 Å². The SMILES string of the molecule is O=C(/C=C/c1ccc(Cl)cc1)Oc1c(-c2ccccc2Cl)oc2ccc(Cl)cc2c1=O. The summed E-state index contributed by atoms with van der Waals surface area (Å²) >= 11 is 18.2. The highest BCUT2D eigenvalue weighted by atomic mass is 35.5. The van der Waals surface area contributed by atoms with Gasteiger partial charge >= 0.3 is 5.97 Å². The molecule has 1 heterocycles. The van der Waals surface area contributed by atoms with Gasteiger partial charge in [-0.3, -0.25) is 4.79 Å². The van der Waals surface area contributed by atoms with Crippen LogP contribution >= 0.6 is 34.8 Å². The maximum absolute atomic E-state index is 13.2. The summed E-state index contributed by atoms with van der Waals surface area (Å²) in [6, 6.07) is 18.3. The molecule has 0 saturated heterocycles. The minimum atomic E-state index is -0.753. The van der Waals surface area contributed by atoms with E-state index in [0.717, 1.165) is 5.56 Å². The molecule has 7 heteroatoms. The Bertz CT molecular complexity index is 1370. The van der Waals surface area contributed by atoms with Gasteiger partial charge in [0.2, 0.25) is 11.2 Å². The average Bonchev–Trinajstić information content (AvgIpc) is 2.76. The van der Waals surface area contributed by atoms with Gasteiger partial charge in [-0.15, -0.1) is 0 Å². The highest BCUT2D eigenvalue weighted by molar-refractivity contribution is 6.33. The second-order valence-corrected chi connectivity index (χ2v) is 7.80. The summed E-state index contributed by atoms with van der Waals surface area (Å²) in [6.07, 6.45) is 2.76. The fourth-order valence-electron chi connectivity index (χ4n) is 2.94. The van der Waals surface area contributed by atoms with Crippen LogP contribution in [-0.2, 0) is 4.79 Å². The lowest BCUT2D eigenvalue weighted by atomic mass is 10.1. The minimum Gasteiger partial charge on any atom is -0.452 e. The van der Waals surface area contributed by atoms with Gasteiger partial charge in [0.15, 0.2) is 5.76 Å². The van der Waals surface area contributed by atoms with Crippen LogP contribution in [0.4, 0.5) is 0 Å². The van der Waals surface area contributed by atoms with Crippen LogP contribution in [0.5, 0.6) is 5.75 Å². The standard InChI is InChI=1S/C24H13Cl3O4/c25-15-8-5-14(6-9-15)7-12-21(28)31-24-22(29)18-13-16(26)10-11-20(18)30-23(24)17-3-1-2-4-19(17)27/h1-13H/b12-7+. The summed E-state index contributed by atoms with van der Waals surface area (Å²) in [4.78, 5) is 25.7. The summed E-state index contributed by atoms with van der Waals surface area (Å²) in [5.41, 5.74) is 0.917. The van der Waals surface area contributed by atoms with Gasteiger partial charge in [0.05, 0.1) is 10.4 Å². The lowest BCUT2D eigenvalue weighted by Gasteiger charge is -2.11. The number of hydrogen-bond acceptors (Lipinski definition) is 4. The molecule has 3 aromatic carbocycles. The third kappa shape index (κ3) is 4.67. The number of benzene rings is 3. The van der Waals surface area contributed by atoms with Crippen molar-refractivity contribution < 1.29 is 13.9 Å². The zero-order chi connectivity index (χ0) is 22.0. The van der Waals surface area contributed by atoms with E-state index in [4.69, 9.17) is 44.0 Å². The Kier molecular flexibility index (Phi) is 6.14. The maximum Gasteiger partial charge on any atom is 0.336 e. The van der Waals surface area contributed by atoms with Gasteiger partial charge < -0.3 is 9.15 Å². The number of halogens is 3. The topological polar surface area (TPSA) is 56.5 Å². The van der Waals surface area contributed by atoms with E-state index in [1.807, 2.05) is 0 Å². The van der Waals surface area contributed by atoms with Gasteiger partial charge in [-0.2, -0.15) is 0 Å². The van der Waals surface area contributed by atoms with Crippen molar-refractivity contribution in [3.05, 3.63) is 104 Å². The fourth-order valence-corrected chi connectivity index (χ4v) is 3.46. The summed E-state index contributed by atoms with van der Waals surface area (Å²) in [5, 5.41) is 1.46. The molecule has 4 nitrogen and oxygen atoms in total. The van der Waals surface area contributed by atoms with Crippen molar-refractivity contribution >= 4 is 57.8 Å². The van der Waals surface area contributed by atoms with E-state index in [-0.39, 0.29) is 16.9 Å². The molecule has 0 aliphatic rings. The number of fused-ring (bicyclic) bond motifs is 1. The number of carbonyl (C=O) groups excluding carboxylic acids is 1. The van der Waals surface area contributed by atoms with Crippen LogP contribution in [-0.4, -0.2) is 5.97 Å². The predicted molar refractivity (Wildman–Crippen MR) is 124 cm³/mol. The molecule has 0 bridgehead atoms.